The highest BCUT2D eigenvalue weighted by Gasteiger charge is 2.33. The zero-order valence-electron chi connectivity index (χ0n) is 12.5. The number of aromatic nitrogens is 2. The van der Waals surface area contributed by atoms with Crippen LogP contribution in [0.4, 0.5) is 8.78 Å². The molecule has 1 fully saturated rings. The van der Waals surface area contributed by atoms with Crippen LogP contribution in [0.2, 0.25) is 0 Å². The Hall–Kier alpha value is -2.24. The monoisotopic (exact) mass is 305 g/mol. The van der Waals surface area contributed by atoms with Gasteiger partial charge < -0.3 is 9.47 Å². The van der Waals surface area contributed by atoms with Gasteiger partial charge >= 0.3 is 0 Å². The zero-order valence-corrected chi connectivity index (χ0v) is 12.5. The summed E-state index contributed by atoms with van der Waals surface area (Å²) < 4.78 is 28.6. The second-order valence-corrected chi connectivity index (χ2v) is 5.67. The van der Waals surface area contributed by atoms with Crippen LogP contribution in [0.5, 0.6) is 0 Å². The van der Waals surface area contributed by atoms with E-state index in [1.54, 1.807) is 4.90 Å². The van der Waals surface area contributed by atoms with Crippen LogP contribution in [0.25, 0.3) is 0 Å². The summed E-state index contributed by atoms with van der Waals surface area (Å²) in [5.41, 5.74) is 0.920. The lowest BCUT2D eigenvalue weighted by atomic mass is 10.1. The van der Waals surface area contributed by atoms with E-state index in [1.807, 2.05) is 24.7 Å². The smallest absolute Gasteiger partial charge is 0.254 e. The molecule has 4 nitrogen and oxygen atoms in total. The number of hydrogen-bond acceptors (Lipinski definition) is 2. The molecule has 3 rings (SSSR count). The van der Waals surface area contributed by atoms with Crippen molar-refractivity contribution in [3.8, 4) is 0 Å². The number of imidazole rings is 1. The van der Waals surface area contributed by atoms with Gasteiger partial charge in [0.1, 0.15) is 17.5 Å². The lowest BCUT2D eigenvalue weighted by Gasteiger charge is -2.24. The Morgan fingerprint density at radius 3 is 2.55 bits per heavy atom. The van der Waals surface area contributed by atoms with Crippen LogP contribution in [-0.4, -0.2) is 26.9 Å². The number of halogens is 2. The number of likely N-dealkylation sites (tertiary alicyclic amines) is 1. The van der Waals surface area contributed by atoms with Crippen LogP contribution >= 0.6 is 0 Å². The van der Waals surface area contributed by atoms with Gasteiger partial charge in [0.15, 0.2) is 0 Å². The first kappa shape index (κ1) is 14.7. The number of benzene rings is 1. The van der Waals surface area contributed by atoms with E-state index in [0.717, 1.165) is 42.6 Å². The van der Waals surface area contributed by atoms with E-state index in [-0.39, 0.29) is 17.5 Å². The molecule has 22 heavy (non-hydrogen) atoms. The molecule has 1 saturated heterocycles. The molecule has 0 radical (unpaired) electrons. The highest BCUT2D eigenvalue weighted by molar-refractivity contribution is 5.94. The molecule has 1 atom stereocenters. The largest absolute Gasteiger partial charge is 0.336 e. The molecule has 0 aliphatic carbocycles. The van der Waals surface area contributed by atoms with Gasteiger partial charge in [0, 0.05) is 31.4 Å². The normalized spacial score (nSPS) is 18.0. The van der Waals surface area contributed by atoms with Gasteiger partial charge in [0.05, 0.1) is 11.7 Å². The third kappa shape index (κ3) is 2.61. The van der Waals surface area contributed by atoms with Crippen molar-refractivity contribution < 1.29 is 13.6 Å². The minimum Gasteiger partial charge on any atom is -0.336 e. The fourth-order valence-corrected chi connectivity index (χ4v) is 3.07. The van der Waals surface area contributed by atoms with E-state index >= 15 is 0 Å². The number of carbonyl (C=O) groups is 1. The molecule has 0 N–H and O–H groups in total. The van der Waals surface area contributed by atoms with Gasteiger partial charge in [0.2, 0.25) is 0 Å². The summed E-state index contributed by atoms with van der Waals surface area (Å²) in [4.78, 5) is 18.7. The van der Waals surface area contributed by atoms with Gasteiger partial charge in [-0.05, 0) is 31.9 Å². The average molecular weight is 305 g/mol. The summed E-state index contributed by atoms with van der Waals surface area (Å²) in [6, 6.07) is 2.76. The molecule has 0 bridgehead atoms. The maximum absolute atomic E-state index is 13.3. The maximum atomic E-state index is 13.3. The van der Waals surface area contributed by atoms with Crippen LogP contribution in [0.1, 0.15) is 40.8 Å². The van der Waals surface area contributed by atoms with E-state index in [4.69, 9.17) is 0 Å². The van der Waals surface area contributed by atoms with Crippen LogP contribution in [0, 0.1) is 18.6 Å². The van der Waals surface area contributed by atoms with Crippen LogP contribution in [0.3, 0.4) is 0 Å². The summed E-state index contributed by atoms with van der Waals surface area (Å²) in [6.07, 6.45) is 3.55. The quantitative estimate of drug-likeness (QED) is 0.855. The van der Waals surface area contributed by atoms with E-state index in [0.29, 0.717) is 6.54 Å². The second-order valence-electron chi connectivity index (χ2n) is 5.67. The Morgan fingerprint density at radius 1 is 1.27 bits per heavy atom. The van der Waals surface area contributed by atoms with E-state index in [2.05, 4.69) is 4.98 Å². The number of carbonyl (C=O) groups excluding carboxylic acids is 1. The molecule has 2 heterocycles. The first-order valence-electron chi connectivity index (χ1n) is 7.22. The third-order valence-corrected chi connectivity index (χ3v) is 3.95. The van der Waals surface area contributed by atoms with Crippen LogP contribution < -0.4 is 0 Å². The van der Waals surface area contributed by atoms with Gasteiger partial charge in [-0.15, -0.1) is 0 Å². The molecule has 0 spiro atoms. The summed E-state index contributed by atoms with van der Waals surface area (Å²) in [5.74, 6) is -1.04. The third-order valence-electron chi connectivity index (χ3n) is 3.95. The van der Waals surface area contributed by atoms with Crippen molar-refractivity contribution in [2.45, 2.75) is 25.8 Å². The van der Waals surface area contributed by atoms with Crippen molar-refractivity contribution >= 4 is 5.91 Å². The maximum Gasteiger partial charge on any atom is 0.254 e. The Bertz CT molecular complexity index is 706. The van der Waals surface area contributed by atoms with Crippen LogP contribution in [-0.2, 0) is 7.05 Å². The highest BCUT2D eigenvalue weighted by Crippen LogP contribution is 2.32. The Balaban J connectivity index is 1.92. The first-order valence-corrected chi connectivity index (χ1v) is 7.22. The van der Waals surface area contributed by atoms with Gasteiger partial charge in [-0.25, -0.2) is 13.8 Å². The highest BCUT2D eigenvalue weighted by atomic mass is 19.1. The fraction of sp³-hybridized carbons (Fsp3) is 0.375. The molecule has 1 aliphatic rings. The van der Waals surface area contributed by atoms with E-state index in [1.165, 1.54) is 0 Å². The SMILES string of the molecule is Cc1cn(C)c([C@H]2CCCN2C(=O)c2cc(F)cc(F)c2)n1. The number of aryl methyl sites for hydroxylation is 2. The summed E-state index contributed by atoms with van der Waals surface area (Å²) in [6.45, 7) is 2.46. The fourth-order valence-electron chi connectivity index (χ4n) is 3.07. The molecular formula is C16H17F2N3O. The molecule has 1 amide bonds. The van der Waals surface area contributed by atoms with Crippen LogP contribution in [0.15, 0.2) is 24.4 Å². The van der Waals surface area contributed by atoms with E-state index in [9.17, 15) is 13.6 Å². The minimum atomic E-state index is -0.744. The second kappa shape index (κ2) is 5.51. The Labute approximate surface area is 127 Å². The van der Waals surface area contributed by atoms with Crippen molar-refractivity contribution in [2.24, 2.45) is 7.05 Å². The molecule has 0 unspecified atom stereocenters. The molecule has 1 aromatic heterocycles. The first-order chi connectivity index (χ1) is 10.5. The van der Waals surface area contributed by atoms with Crippen molar-refractivity contribution in [2.75, 3.05) is 6.54 Å². The lowest BCUT2D eigenvalue weighted by molar-refractivity contribution is 0.0727. The molecule has 6 heteroatoms. The van der Waals surface area contributed by atoms with Crippen molar-refractivity contribution in [1.29, 1.82) is 0 Å². The topological polar surface area (TPSA) is 38.1 Å². The number of nitrogens with zero attached hydrogens (tertiary/aromatic N) is 3. The van der Waals surface area contributed by atoms with Gasteiger partial charge in [-0.3, -0.25) is 4.79 Å². The predicted molar refractivity (Wildman–Crippen MR) is 77.3 cm³/mol. The standard InChI is InChI=1S/C16H17F2N3O/c1-10-9-20(2)15(19-10)14-4-3-5-21(14)16(22)11-6-12(17)8-13(18)7-11/h6-9,14H,3-5H2,1-2H3/t14-/m1/s1. The van der Waals surface area contributed by atoms with Crippen molar-refractivity contribution in [3.63, 3.8) is 0 Å². The molecule has 1 aliphatic heterocycles. The molecule has 1 aromatic carbocycles. The Morgan fingerprint density at radius 2 is 1.95 bits per heavy atom. The predicted octanol–water partition coefficient (Wildman–Crippen LogP) is 2.98. The average Bonchev–Trinajstić information content (AvgIpc) is 3.02. The number of hydrogen-bond donors (Lipinski definition) is 0. The van der Waals surface area contributed by atoms with Gasteiger partial charge in [-0.1, -0.05) is 0 Å². The number of rotatable bonds is 2. The van der Waals surface area contributed by atoms with Crippen molar-refractivity contribution in [3.05, 3.63) is 53.1 Å². The van der Waals surface area contributed by atoms with Gasteiger partial charge in [-0.2, -0.15) is 0 Å². The molecular weight excluding hydrogens is 288 g/mol. The van der Waals surface area contributed by atoms with Crippen molar-refractivity contribution in [1.82, 2.24) is 14.5 Å². The lowest BCUT2D eigenvalue weighted by Crippen LogP contribution is -2.32. The Kier molecular flexibility index (Phi) is 3.68. The number of amides is 1. The van der Waals surface area contributed by atoms with E-state index < -0.39 is 11.6 Å². The molecule has 2 aromatic rings. The minimum absolute atomic E-state index is 0.0373. The zero-order chi connectivity index (χ0) is 15.9. The summed E-state index contributed by atoms with van der Waals surface area (Å²) in [5, 5.41) is 0. The van der Waals surface area contributed by atoms with Gasteiger partial charge in [0.25, 0.3) is 5.91 Å². The summed E-state index contributed by atoms with van der Waals surface area (Å²) in [7, 11) is 1.89. The molecule has 116 valence electrons. The molecule has 0 saturated carbocycles. The summed E-state index contributed by atoms with van der Waals surface area (Å²) >= 11 is 0.